The quantitative estimate of drug-likeness (QED) is 0.543. The fourth-order valence-electron chi connectivity index (χ4n) is 2.37. The van der Waals surface area contributed by atoms with Crippen LogP contribution in [0.3, 0.4) is 0 Å². The molecule has 1 unspecified atom stereocenters. The summed E-state index contributed by atoms with van der Waals surface area (Å²) in [5, 5.41) is 28.7. The predicted molar refractivity (Wildman–Crippen MR) is 64.9 cm³/mol. The Kier molecular flexibility index (Phi) is 3.05. The number of nitrogens with zero attached hydrogens (tertiary/aromatic N) is 3. The van der Waals surface area contributed by atoms with Crippen molar-refractivity contribution in [2.24, 2.45) is 0 Å². The molecule has 9 heteroatoms. The van der Waals surface area contributed by atoms with Crippen LogP contribution in [0.5, 0.6) is 0 Å². The third-order valence-corrected chi connectivity index (χ3v) is 3.38. The number of rotatable bonds is 2. The Morgan fingerprint density at radius 2 is 2.10 bits per heavy atom. The van der Waals surface area contributed by atoms with Crippen LogP contribution in [0.25, 0.3) is 11.0 Å². The molecule has 0 radical (unpaired) electrons. The van der Waals surface area contributed by atoms with Crippen LogP contribution in [0, 0.1) is 5.82 Å². The van der Waals surface area contributed by atoms with E-state index in [4.69, 9.17) is 15.6 Å². The molecule has 1 saturated heterocycles. The predicted octanol–water partition coefficient (Wildman–Crippen LogP) is -1.24. The van der Waals surface area contributed by atoms with E-state index in [2.05, 4.69) is 9.97 Å². The average Bonchev–Trinajstić information content (AvgIpc) is 2.90. The Morgan fingerprint density at radius 1 is 1.35 bits per heavy atom. The van der Waals surface area contributed by atoms with Gasteiger partial charge in [0.15, 0.2) is 17.7 Å². The summed E-state index contributed by atoms with van der Waals surface area (Å²) in [6.07, 6.45) is -2.38. The van der Waals surface area contributed by atoms with Gasteiger partial charge in [0, 0.05) is 6.20 Å². The number of ether oxygens (including phenoxy) is 1. The second kappa shape index (κ2) is 4.63. The molecule has 0 saturated carbocycles. The molecule has 1 aliphatic heterocycles. The van der Waals surface area contributed by atoms with E-state index in [1.54, 1.807) is 0 Å². The van der Waals surface area contributed by atoms with Crippen LogP contribution < -0.4 is 5.73 Å². The third-order valence-electron chi connectivity index (χ3n) is 3.38. The Bertz CT molecular complexity index is 649. The van der Waals surface area contributed by atoms with E-state index in [0.29, 0.717) is 0 Å². The second-order valence-electron chi connectivity index (χ2n) is 4.57. The van der Waals surface area contributed by atoms with Gasteiger partial charge in [-0.25, -0.2) is 14.4 Å². The Morgan fingerprint density at radius 3 is 2.75 bits per heavy atom. The summed E-state index contributed by atoms with van der Waals surface area (Å²) in [6, 6.07) is 0. The van der Waals surface area contributed by atoms with Crippen molar-refractivity contribution in [3.8, 4) is 0 Å². The van der Waals surface area contributed by atoms with Gasteiger partial charge in [0.25, 0.3) is 0 Å². The number of aliphatic hydroxyl groups excluding tert-OH is 3. The van der Waals surface area contributed by atoms with Gasteiger partial charge in [-0.2, -0.15) is 0 Å². The summed E-state index contributed by atoms with van der Waals surface area (Å²) < 4.78 is 20.5. The van der Waals surface area contributed by atoms with Crippen molar-refractivity contribution in [3.05, 3.63) is 18.3 Å². The van der Waals surface area contributed by atoms with Crippen molar-refractivity contribution in [2.45, 2.75) is 24.5 Å². The number of nitrogen functional groups attached to an aromatic ring is 1. The topological polar surface area (TPSA) is 127 Å². The summed E-state index contributed by atoms with van der Waals surface area (Å²) in [5.74, 6) is -0.686. The molecule has 2 aromatic heterocycles. The molecule has 0 amide bonds. The molecule has 1 aliphatic rings. The molecule has 3 heterocycles. The maximum absolute atomic E-state index is 13.9. The lowest BCUT2D eigenvalue weighted by Crippen LogP contribution is -2.33. The minimum absolute atomic E-state index is 0.0187. The number of aliphatic hydroxyl groups is 3. The summed E-state index contributed by atoms with van der Waals surface area (Å²) >= 11 is 0. The van der Waals surface area contributed by atoms with Gasteiger partial charge in [-0.15, -0.1) is 0 Å². The van der Waals surface area contributed by atoms with E-state index in [-0.39, 0.29) is 16.9 Å². The standard InChI is InChI=1S/C11H13FN4O4/c12-4-1-16(10-6(4)9(13)14-3-15-10)11-8(19)7(18)5(2-17)20-11/h1,3,5,7-8,11,17-19H,2H2,(H2,13,14,15)/t5?,7-,8-,11-/m1/s1. The lowest BCUT2D eigenvalue weighted by molar-refractivity contribution is -0.0510. The molecule has 0 aromatic carbocycles. The number of aromatic nitrogens is 3. The Balaban J connectivity index is 2.10. The van der Waals surface area contributed by atoms with Gasteiger partial charge in [0.2, 0.25) is 0 Å². The Hall–Kier alpha value is -1.81. The molecule has 0 spiro atoms. The maximum atomic E-state index is 13.9. The first kappa shape index (κ1) is 13.2. The molecule has 2 aromatic rings. The molecule has 5 N–H and O–H groups in total. The molecule has 108 valence electrons. The highest BCUT2D eigenvalue weighted by atomic mass is 19.1. The molecule has 20 heavy (non-hydrogen) atoms. The van der Waals surface area contributed by atoms with Gasteiger partial charge in [0.1, 0.15) is 30.5 Å². The lowest BCUT2D eigenvalue weighted by Gasteiger charge is -2.16. The van der Waals surface area contributed by atoms with Gasteiger partial charge < -0.3 is 30.4 Å². The lowest BCUT2D eigenvalue weighted by atomic mass is 10.1. The van der Waals surface area contributed by atoms with Crippen LogP contribution in [-0.2, 0) is 4.74 Å². The second-order valence-corrected chi connectivity index (χ2v) is 4.57. The highest BCUT2D eigenvalue weighted by Gasteiger charge is 2.44. The first-order valence-corrected chi connectivity index (χ1v) is 5.93. The number of nitrogens with two attached hydrogens (primary N) is 1. The fourth-order valence-corrected chi connectivity index (χ4v) is 2.37. The molecule has 8 nitrogen and oxygen atoms in total. The van der Waals surface area contributed by atoms with Gasteiger partial charge >= 0.3 is 0 Å². The van der Waals surface area contributed by atoms with Crippen molar-refractivity contribution in [3.63, 3.8) is 0 Å². The minimum Gasteiger partial charge on any atom is -0.394 e. The number of halogens is 1. The number of hydrogen-bond donors (Lipinski definition) is 4. The van der Waals surface area contributed by atoms with E-state index in [1.165, 1.54) is 4.57 Å². The van der Waals surface area contributed by atoms with Crippen molar-refractivity contribution < 1.29 is 24.4 Å². The fraction of sp³-hybridized carbons (Fsp3) is 0.455. The van der Waals surface area contributed by atoms with Gasteiger partial charge in [-0.1, -0.05) is 0 Å². The highest BCUT2D eigenvalue weighted by molar-refractivity contribution is 5.86. The number of anilines is 1. The largest absolute Gasteiger partial charge is 0.394 e. The smallest absolute Gasteiger partial charge is 0.164 e. The number of hydrogen-bond acceptors (Lipinski definition) is 7. The van der Waals surface area contributed by atoms with Crippen LogP contribution in [0.15, 0.2) is 12.5 Å². The monoisotopic (exact) mass is 284 g/mol. The van der Waals surface area contributed by atoms with Crippen molar-refractivity contribution in [2.75, 3.05) is 12.3 Å². The van der Waals surface area contributed by atoms with Crippen LogP contribution in [0.1, 0.15) is 6.23 Å². The van der Waals surface area contributed by atoms with E-state index in [0.717, 1.165) is 12.5 Å². The minimum atomic E-state index is -1.32. The normalized spacial score (nSPS) is 30.2. The molecule has 1 fully saturated rings. The van der Waals surface area contributed by atoms with E-state index < -0.39 is 37.0 Å². The highest BCUT2D eigenvalue weighted by Crippen LogP contribution is 2.33. The van der Waals surface area contributed by atoms with Crippen molar-refractivity contribution in [1.82, 2.24) is 14.5 Å². The molecular formula is C11H13FN4O4. The maximum Gasteiger partial charge on any atom is 0.164 e. The van der Waals surface area contributed by atoms with Crippen LogP contribution in [0.2, 0.25) is 0 Å². The molecule has 4 atom stereocenters. The van der Waals surface area contributed by atoms with Crippen LogP contribution in [-0.4, -0.2) is 54.8 Å². The first-order chi connectivity index (χ1) is 9.54. The molecule has 0 bridgehead atoms. The summed E-state index contributed by atoms with van der Waals surface area (Å²) in [5.41, 5.74) is 5.73. The third kappa shape index (κ3) is 1.75. The summed E-state index contributed by atoms with van der Waals surface area (Å²) in [6.45, 7) is -0.465. The van der Waals surface area contributed by atoms with Crippen molar-refractivity contribution >= 4 is 16.9 Å². The molecular weight excluding hydrogens is 271 g/mol. The first-order valence-electron chi connectivity index (χ1n) is 5.93. The van der Waals surface area contributed by atoms with Gasteiger partial charge in [-0.05, 0) is 0 Å². The SMILES string of the molecule is Nc1ncnc2c1c(F)cn2[C@@H]1OC(CO)[C@@H](O)[C@H]1O. The zero-order valence-corrected chi connectivity index (χ0v) is 10.2. The summed E-state index contributed by atoms with van der Waals surface area (Å²) in [7, 11) is 0. The number of fused-ring (bicyclic) bond motifs is 1. The molecule has 0 aliphatic carbocycles. The van der Waals surface area contributed by atoms with Crippen LogP contribution >= 0.6 is 0 Å². The average molecular weight is 284 g/mol. The van der Waals surface area contributed by atoms with E-state index in [9.17, 15) is 14.6 Å². The Labute approximate surface area is 112 Å². The van der Waals surface area contributed by atoms with E-state index in [1.807, 2.05) is 0 Å². The molecule has 3 rings (SSSR count). The zero-order chi connectivity index (χ0) is 14.4. The summed E-state index contributed by atoms with van der Waals surface area (Å²) in [4.78, 5) is 7.61. The van der Waals surface area contributed by atoms with Gasteiger partial charge in [-0.3, -0.25) is 0 Å². The van der Waals surface area contributed by atoms with Crippen LogP contribution in [0.4, 0.5) is 10.2 Å². The van der Waals surface area contributed by atoms with E-state index >= 15 is 0 Å². The van der Waals surface area contributed by atoms with Crippen molar-refractivity contribution in [1.29, 1.82) is 0 Å². The zero-order valence-electron chi connectivity index (χ0n) is 10.2. The van der Waals surface area contributed by atoms with Gasteiger partial charge in [0.05, 0.1) is 12.0 Å².